The highest BCUT2D eigenvalue weighted by atomic mass is 19.4. The van der Waals surface area contributed by atoms with Crippen LogP contribution in [-0.2, 0) is 0 Å². The predicted molar refractivity (Wildman–Crippen MR) is 76.4 cm³/mol. The fourth-order valence-electron chi connectivity index (χ4n) is 3.34. The molecule has 2 N–H and O–H groups in total. The Morgan fingerprint density at radius 3 is 2.23 bits per heavy atom. The molecule has 0 spiro atoms. The van der Waals surface area contributed by atoms with Gasteiger partial charge in [0.05, 0.1) is 0 Å². The molecule has 2 aliphatic rings. The van der Waals surface area contributed by atoms with Crippen LogP contribution < -0.4 is 5.32 Å². The Kier molecular flexibility index (Phi) is 5.25. The van der Waals surface area contributed by atoms with E-state index in [4.69, 9.17) is 0 Å². The van der Waals surface area contributed by atoms with Crippen LogP contribution in [-0.4, -0.2) is 46.9 Å². The van der Waals surface area contributed by atoms with Crippen LogP contribution in [0.15, 0.2) is 0 Å². The summed E-state index contributed by atoms with van der Waals surface area (Å²) in [5.74, 6) is 0.727. The molecule has 0 radical (unpaired) electrons. The number of nitrogens with one attached hydrogen (secondary N) is 1. The molecule has 0 bridgehead atoms. The number of carbonyl (C=O) groups is 1. The lowest BCUT2D eigenvalue weighted by Gasteiger charge is -2.39. The number of aliphatic hydroxyl groups is 1. The number of halogens is 3. The van der Waals surface area contributed by atoms with Gasteiger partial charge in [0.2, 0.25) is 0 Å². The molecule has 0 aromatic carbocycles. The number of carbonyl (C=O) groups excluding carboxylic acids is 1. The summed E-state index contributed by atoms with van der Waals surface area (Å²) in [5, 5.41) is 12.5. The van der Waals surface area contributed by atoms with Gasteiger partial charge in [0.25, 0.3) is 0 Å². The lowest BCUT2D eigenvalue weighted by molar-refractivity contribution is -0.271. The summed E-state index contributed by atoms with van der Waals surface area (Å²) in [6.45, 7) is 2.04. The number of piperidine rings is 1. The number of likely N-dealkylation sites (tertiary alicyclic amines) is 1. The van der Waals surface area contributed by atoms with Gasteiger partial charge in [-0.25, -0.2) is 4.79 Å². The summed E-state index contributed by atoms with van der Waals surface area (Å²) in [7, 11) is 0. The van der Waals surface area contributed by atoms with E-state index < -0.39 is 24.6 Å². The van der Waals surface area contributed by atoms with E-state index in [-0.39, 0.29) is 25.2 Å². The number of alkyl halides is 3. The Balaban J connectivity index is 1.78. The number of hydrogen-bond acceptors (Lipinski definition) is 2. The quantitative estimate of drug-likeness (QED) is 0.821. The average Bonchev–Trinajstić information content (AvgIpc) is 2.47. The third-order valence-electron chi connectivity index (χ3n) is 5.16. The first-order valence-electron chi connectivity index (χ1n) is 8.09. The number of hydrogen-bond donors (Lipinski definition) is 2. The molecular weight excluding hydrogens is 297 g/mol. The summed E-state index contributed by atoms with van der Waals surface area (Å²) in [5.41, 5.74) is -2.65. The van der Waals surface area contributed by atoms with Gasteiger partial charge in [-0.1, -0.05) is 13.3 Å². The Morgan fingerprint density at radius 1 is 1.23 bits per heavy atom. The zero-order valence-corrected chi connectivity index (χ0v) is 13.0. The van der Waals surface area contributed by atoms with E-state index in [1.54, 1.807) is 0 Å². The van der Waals surface area contributed by atoms with Crippen molar-refractivity contribution in [3.63, 3.8) is 0 Å². The maximum atomic E-state index is 12.7. The molecule has 2 rings (SSSR count). The zero-order valence-electron chi connectivity index (χ0n) is 13.0. The predicted octanol–water partition coefficient (Wildman–Crippen LogP) is 3.05. The van der Waals surface area contributed by atoms with Gasteiger partial charge in [0.1, 0.15) is 0 Å². The topological polar surface area (TPSA) is 52.6 Å². The minimum atomic E-state index is -4.63. The van der Waals surface area contributed by atoms with Crippen LogP contribution in [0.4, 0.5) is 18.0 Å². The van der Waals surface area contributed by atoms with Crippen LogP contribution in [0.3, 0.4) is 0 Å². The molecule has 2 fully saturated rings. The Labute approximate surface area is 129 Å². The van der Waals surface area contributed by atoms with E-state index in [9.17, 15) is 23.1 Å². The Bertz CT molecular complexity index is 385. The van der Waals surface area contributed by atoms with Gasteiger partial charge in [-0.2, -0.15) is 13.2 Å². The molecule has 2 amide bonds. The normalized spacial score (nSPS) is 29.2. The van der Waals surface area contributed by atoms with Gasteiger partial charge in [-0.15, -0.1) is 0 Å². The van der Waals surface area contributed by atoms with E-state index in [1.165, 1.54) is 4.90 Å². The molecule has 7 heteroatoms. The number of amides is 2. The third-order valence-corrected chi connectivity index (χ3v) is 5.16. The first-order valence-corrected chi connectivity index (χ1v) is 8.09. The summed E-state index contributed by atoms with van der Waals surface area (Å²) in [4.78, 5) is 13.5. The van der Waals surface area contributed by atoms with Gasteiger partial charge < -0.3 is 15.3 Å². The van der Waals surface area contributed by atoms with Gasteiger partial charge in [-0.05, 0) is 31.6 Å². The zero-order chi connectivity index (χ0) is 16.4. The Morgan fingerprint density at radius 2 is 1.77 bits per heavy atom. The molecule has 1 saturated carbocycles. The van der Waals surface area contributed by atoms with Crippen LogP contribution in [0.2, 0.25) is 0 Å². The maximum Gasteiger partial charge on any atom is 0.417 e. The molecule has 1 saturated heterocycles. The van der Waals surface area contributed by atoms with Gasteiger partial charge >= 0.3 is 12.2 Å². The van der Waals surface area contributed by atoms with Crippen molar-refractivity contribution >= 4 is 6.03 Å². The highest BCUT2D eigenvalue weighted by Crippen LogP contribution is 2.38. The standard InChI is InChI=1S/C15H25F3N2O2/c1-2-11-3-5-12(6-4-11)19-13(21)20-9-7-14(22,8-10-20)15(16,17)18/h11-12,22H,2-10H2,1H3,(H,19,21). The smallest absolute Gasteiger partial charge is 0.380 e. The summed E-state index contributed by atoms with van der Waals surface area (Å²) < 4.78 is 38.2. The van der Waals surface area contributed by atoms with Gasteiger partial charge in [-0.3, -0.25) is 0 Å². The molecule has 128 valence electrons. The minimum absolute atomic E-state index is 0.0633. The van der Waals surface area contributed by atoms with Crippen molar-refractivity contribution in [1.82, 2.24) is 10.2 Å². The lowest BCUT2D eigenvalue weighted by Crippen LogP contribution is -2.56. The number of urea groups is 1. The van der Waals surface area contributed by atoms with E-state index in [2.05, 4.69) is 12.2 Å². The fraction of sp³-hybridized carbons (Fsp3) is 0.933. The maximum absolute atomic E-state index is 12.7. The van der Waals surface area contributed by atoms with Crippen molar-refractivity contribution < 1.29 is 23.1 Å². The van der Waals surface area contributed by atoms with Crippen LogP contribution in [0.25, 0.3) is 0 Å². The molecule has 0 aromatic heterocycles. The molecular formula is C15H25F3N2O2. The van der Waals surface area contributed by atoms with Crippen molar-refractivity contribution in [1.29, 1.82) is 0 Å². The largest absolute Gasteiger partial charge is 0.417 e. The van der Waals surface area contributed by atoms with Crippen LogP contribution >= 0.6 is 0 Å². The van der Waals surface area contributed by atoms with E-state index in [0.29, 0.717) is 0 Å². The van der Waals surface area contributed by atoms with E-state index in [0.717, 1.165) is 38.0 Å². The minimum Gasteiger partial charge on any atom is -0.380 e. The first-order chi connectivity index (χ1) is 10.2. The van der Waals surface area contributed by atoms with Crippen LogP contribution in [0, 0.1) is 5.92 Å². The molecule has 22 heavy (non-hydrogen) atoms. The molecule has 1 aliphatic heterocycles. The third kappa shape index (κ3) is 3.86. The highest BCUT2D eigenvalue weighted by molar-refractivity contribution is 5.74. The Hall–Kier alpha value is -0.980. The molecule has 0 aromatic rings. The van der Waals surface area contributed by atoms with Crippen molar-refractivity contribution in [2.75, 3.05) is 13.1 Å². The summed E-state index contributed by atoms with van der Waals surface area (Å²) >= 11 is 0. The highest BCUT2D eigenvalue weighted by Gasteiger charge is 2.54. The molecule has 4 nitrogen and oxygen atoms in total. The lowest BCUT2D eigenvalue weighted by atomic mass is 9.84. The van der Waals surface area contributed by atoms with E-state index in [1.807, 2.05) is 0 Å². The van der Waals surface area contributed by atoms with Gasteiger partial charge in [0.15, 0.2) is 5.60 Å². The fourth-order valence-corrected chi connectivity index (χ4v) is 3.34. The van der Waals surface area contributed by atoms with E-state index >= 15 is 0 Å². The molecule has 0 unspecified atom stereocenters. The van der Waals surface area contributed by atoms with Crippen LogP contribution in [0.1, 0.15) is 51.9 Å². The van der Waals surface area contributed by atoms with Crippen molar-refractivity contribution in [3.8, 4) is 0 Å². The number of nitrogens with zero attached hydrogens (tertiary/aromatic N) is 1. The first kappa shape index (κ1) is 17.4. The summed E-state index contributed by atoms with van der Waals surface area (Å²) in [6.07, 6.45) is -0.324. The number of rotatable bonds is 2. The van der Waals surface area contributed by atoms with Crippen molar-refractivity contribution in [2.24, 2.45) is 5.92 Å². The van der Waals surface area contributed by atoms with Crippen molar-refractivity contribution in [3.05, 3.63) is 0 Å². The second-order valence-electron chi connectivity index (χ2n) is 6.59. The second kappa shape index (κ2) is 6.64. The molecule has 1 heterocycles. The van der Waals surface area contributed by atoms with Gasteiger partial charge in [0, 0.05) is 32.0 Å². The summed E-state index contributed by atoms with van der Waals surface area (Å²) in [6, 6.07) is -0.178. The van der Waals surface area contributed by atoms with Crippen molar-refractivity contribution in [2.45, 2.75) is 69.7 Å². The molecule has 1 aliphatic carbocycles. The van der Waals surface area contributed by atoms with Crippen LogP contribution in [0.5, 0.6) is 0 Å². The monoisotopic (exact) mass is 322 g/mol. The molecule has 0 atom stereocenters. The average molecular weight is 322 g/mol. The SMILES string of the molecule is CCC1CCC(NC(=O)N2CCC(O)(C(F)(F)F)CC2)CC1. The second-order valence-corrected chi connectivity index (χ2v) is 6.59.